The minimum absolute atomic E-state index is 1.19. The molecule has 0 amide bonds. The van der Waals surface area contributed by atoms with E-state index in [1.54, 1.807) is 0 Å². The molecule has 0 radical (unpaired) electrons. The third-order valence-corrected chi connectivity index (χ3v) is 4.21. The van der Waals surface area contributed by atoms with E-state index in [2.05, 4.69) is 49.6 Å². The van der Waals surface area contributed by atoms with Crippen LogP contribution >= 0.6 is 0 Å². The van der Waals surface area contributed by atoms with Gasteiger partial charge in [0.15, 0.2) is 0 Å². The third-order valence-electron chi connectivity index (χ3n) is 4.21. The summed E-state index contributed by atoms with van der Waals surface area (Å²) in [5.74, 6) is 0. The topological polar surface area (TPSA) is 9.72 Å². The van der Waals surface area contributed by atoms with Crippen LogP contribution in [-0.4, -0.2) is 74.6 Å². The Bertz CT molecular complexity index is 201. The molecule has 3 heteroatoms. The quantitative estimate of drug-likeness (QED) is 0.458. The largest absolute Gasteiger partial charge is 0.305 e. The molecule has 0 aromatic heterocycles. The van der Waals surface area contributed by atoms with Crippen LogP contribution in [0, 0.1) is 0 Å². The first-order chi connectivity index (χ1) is 10.1. The lowest BCUT2D eigenvalue weighted by molar-refractivity contribution is 0.203. The van der Waals surface area contributed by atoms with Crippen LogP contribution in [0.4, 0.5) is 0 Å². The second-order valence-electron chi connectivity index (χ2n) is 6.51. The minimum atomic E-state index is 1.19. The Kier molecular flexibility index (Phi) is 14.7. The van der Waals surface area contributed by atoms with Gasteiger partial charge in [-0.25, -0.2) is 0 Å². The highest BCUT2D eigenvalue weighted by molar-refractivity contribution is 4.63. The fourth-order valence-electron chi connectivity index (χ4n) is 2.40. The summed E-state index contributed by atoms with van der Waals surface area (Å²) in [5, 5.41) is 0. The van der Waals surface area contributed by atoms with Crippen molar-refractivity contribution in [3.05, 3.63) is 0 Å². The molecule has 0 saturated carbocycles. The van der Waals surface area contributed by atoms with E-state index in [0.29, 0.717) is 0 Å². The van der Waals surface area contributed by atoms with Gasteiger partial charge >= 0.3 is 0 Å². The summed E-state index contributed by atoms with van der Waals surface area (Å²) < 4.78 is 0. The van der Waals surface area contributed by atoms with E-state index in [1.165, 1.54) is 84.3 Å². The molecule has 0 aliphatic rings. The Labute approximate surface area is 134 Å². The molecule has 21 heavy (non-hydrogen) atoms. The van der Waals surface area contributed by atoms with Crippen molar-refractivity contribution >= 4 is 0 Å². The fourth-order valence-corrected chi connectivity index (χ4v) is 2.40. The van der Waals surface area contributed by atoms with Gasteiger partial charge in [-0.1, -0.05) is 40.0 Å². The SMILES string of the molecule is CCCCN(C)CCN(C)CCN(CCCC)CCCC. The predicted octanol–water partition coefficient (Wildman–Crippen LogP) is 3.55. The third kappa shape index (κ3) is 13.3. The lowest BCUT2D eigenvalue weighted by Crippen LogP contribution is -2.37. The Hall–Kier alpha value is -0.120. The molecule has 0 N–H and O–H groups in total. The maximum Gasteiger partial charge on any atom is 0.0109 e. The van der Waals surface area contributed by atoms with E-state index >= 15 is 0 Å². The molecule has 0 aromatic carbocycles. The van der Waals surface area contributed by atoms with Crippen LogP contribution in [0.25, 0.3) is 0 Å². The highest BCUT2D eigenvalue weighted by Gasteiger charge is 2.07. The predicted molar refractivity (Wildman–Crippen MR) is 96.2 cm³/mol. The van der Waals surface area contributed by atoms with Gasteiger partial charge in [-0.05, 0) is 53.0 Å². The first-order valence-electron chi connectivity index (χ1n) is 9.23. The first-order valence-corrected chi connectivity index (χ1v) is 9.23. The molecule has 3 nitrogen and oxygen atoms in total. The number of likely N-dealkylation sites (N-methyl/N-ethyl adjacent to an activating group) is 2. The molecule has 0 bridgehead atoms. The molecule has 0 spiro atoms. The van der Waals surface area contributed by atoms with Gasteiger partial charge < -0.3 is 14.7 Å². The maximum absolute atomic E-state index is 2.66. The molecule has 0 atom stereocenters. The molecule has 0 aromatic rings. The van der Waals surface area contributed by atoms with Crippen LogP contribution in [0.2, 0.25) is 0 Å². The van der Waals surface area contributed by atoms with Crippen LogP contribution in [0.15, 0.2) is 0 Å². The molecule has 0 aliphatic carbocycles. The van der Waals surface area contributed by atoms with Gasteiger partial charge in [-0.3, -0.25) is 0 Å². The monoisotopic (exact) mass is 299 g/mol. The standard InChI is InChI=1S/C18H41N3/c1-6-9-12-19(4)15-16-20(5)17-18-21(13-10-7-2)14-11-8-3/h6-18H2,1-5H3. The zero-order valence-corrected chi connectivity index (χ0v) is 15.5. The van der Waals surface area contributed by atoms with E-state index in [0.717, 1.165) is 0 Å². The molecule has 0 rings (SSSR count). The minimum Gasteiger partial charge on any atom is -0.305 e. The molecule has 0 saturated heterocycles. The van der Waals surface area contributed by atoms with Crippen molar-refractivity contribution in [2.24, 2.45) is 0 Å². The normalized spacial score (nSPS) is 12.0. The Balaban J connectivity index is 3.80. The Morgan fingerprint density at radius 3 is 1.33 bits per heavy atom. The maximum atomic E-state index is 2.66. The molecule has 0 heterocycles. The number of unbranched alkanes of at least 4 members (excludes halogenated alkanes) is 3. The molecule has 128 valence electrons. The van der Waals surface area contributed by atoms with E-state index in [4.69, 9.17) is 0 Å². The molecular weight excluding hydrogens is 258 g/mol. The van der Waals surface area contributed by atoms with E-state index < -0.39 is 0 Å². The average Bonchev–Trinajstić information content (AvgIpc) is 2.50. The summed E-state index contributed by atoms with van der Waals surface area (Å²) in [6.07, 6.45) is 7.91. The molecular formula is C18H41N3. The highest BCUT2D eigenvalue weighted by Crippen LogP contribution is 2.00. The van der Waals surface area contributed by atoms with Crippen LogP contribution in [-0.2, 0) is 0 Å². The first kappa shape index (κ1) is 20.9. The van der Waals surface area contributed by atoms with E-state index in [9.17, 15) is 0 Å². The average molecular weight is 300 g/mol. The van der Waals surface area contributed by atoms with Gasteiger partial charge in [-0.15, -0.1) is 0 Å². The van der Waals surface area contributed by atoms with Crippen molar-refractivity contribution in [3.8, 4) is 0 Å². The van der Waals surface area contributed by atoms with Gasteiger partial charge in [0.1, 0.15) is 0 Å². The van der Waals surface area contributed by atoms with Crippen molar-refractivity contribution in [1.82, 2.24) is 14.7 Å². The summed E-state index contributed by atoms with van der Waals surface area (Å²) in [4.78, 5) is 7.61. The van der Waals surface area contributed by atoms with Crippen LogP contribution in [0.1, 0.15) is 59.3 Å². The lowest BCUT2D eigenvalue weighted by Gasteiger charge is -2.26. The molecule has 0 aliphatic heterocycles. The molecule has 0 unspecified atom stereocenters. The Morgan fingerprint density at radius 2 is 0.857 bits per heavy atom. The zero-order valence-electron chi connectivity index (χ0n) is 15.5. The number of hydrogen-bond donors (Lipinski definition) is 0. The van der Waals surface area contributed by atoms with Crippen molar-refractivity contribution in [1.29, 1.82) is 0 Å². The smallest absolute Gasteiger partial charge is 0.0109 e. The van der Waals surface area contributed by atoms with Crippen molar-refractivity contribution in [2.75, 3.05) is 59.9 Å². The van der Waals surface area contributed by atoms with Gasteiger partial charge in [-0.2, -0.15) is 0 Å². The number of nitrogens with zero attached hydrogens (tertiary/aromatic N) is 3. The van der Waals surface area contributed by atoms with Gasteiger partial charge in [0.2, 0.25) is 0 Å². The number of hydrogen-bond acceptors (Lipinski definition) is 3. The van der Waals surface area contributed by atoms with Crippen molar-refractivity contribution < 1.29 is 0 Å². The van der Waals surface area contributed by atoms with Crippen LogP contribution < -0.4 is 0 Å². The van der Waals surface area contributed by atoms with Crippen LogP contribution in [0.3, 0.4) is 0 Å². The zero-order chi connectivity index (χ0) is 15.9. The van der Waals surface area contributed by atoms with Gasteiger partial charge in [0, 0.05) is 26.2 Å². The van der Waals surface area contributed by atoms with Crippen molar-refractivity contribution in [2.45, 2.75) is 59.3 Å². The second-order valence-corrected chi connectivity index (χ2v) is 6.51. The summed E-state index contributed by atoms with van der Waals surface area (Å²) in [7, 11) is 4.52. The summed E-state index contributed by atoms with van der Waals surface area (Å²) in [6.45, 7) is 15.5. The second kappa shape index (κ2) is 14.8. The van der Waals surface area contributed by atoms with Crippen molar-refractivity contribution in [3.63, 3.8) is 0 Å². The van der Waals surface area contributed by atoms with E-state index in [1.807, 2.05) is 0 Å². The number of rotatable bonds is 15. The van der Waals surface area contributed by atoms with Gasteiger partial charge in [0.05, 0.1) is 0 Å². The highest BCUT2D eigenvalue weighted by atomic mass is 15.2. The summed E-state index contributed by atoms with van der Waals surface area (Å²) in [5.41, 5.74) is 0. The van der Waals surface area contributed by atoms with Crippen LogP contribution in [0.5, 0.6) is 0 Å². The molecule has 0 fully saturated rings. The summed E-state index contributed by atoms with van der Waals surface area (Å²) in [6, 6.07) is 0. The van der Waals surface area contributed by atoms with E-state index in [-0.39, 0.29) is 0 Å². The Morgan fingerprint density at radius 1 is 0.476 bits per heavy atom. The van der Waals surface area contributed by atoms with Gasteiger partial charge in [0.25, 0.3) is 0 Å². The lowest BCUT2D eigenvalue weighted by atomic mass is 10.2. The fraction of sp³-hybridized carbons (Fsp3) is 1.00. The summed E-state index contributed by atoms with van der Waals surface area (Å²) >= 11 is 0.